The van der Waals surface area contributed by atoms with Gasteiger partial charge in [-0.2, -0.15) is 0 Å². The summed E-state index contributed by atoms with van der Waals surface area (Å²) in [6.45, 7) is 1.99. The maximum absolute atomic E-state index is 13.3. The van der Waals surface area contributed by atoms with Crippen LogP contribution in [0.1, 0.15) is 39.0 Å². The highest BCUT2D eigenvalue weighted by atomic mass is 32.2. The third-order valence-electron chi connectivity index (χ3n) is 5.09. The molecule has 2 aromatic rings. The molecule has 6 nitrogen and oxygen atoms in total. The Morgan fingerprint density at radius 3 is 2.30 bits per heavy atom. The van der Waals surface area contributed by atoms with Crippen LogP contribution in [0.5, 0.6) is 5.75 Å². The average Bonchev–Trinajstić information content (AvgIpc) is 2.74. The van der Waals surface area contributed by atoms with Crippen LogP contribution in [0.15, 0.2) is 53.4 Å². The summed E-state index contributed by atoms with van der Waals surface area (Å²) >= 11 is 0. The molecule has 1 amide bonds. The van der Waals surface area contributed by atoms with E-state index in [1.807, 2.05) is 6.92 Å². The summed E-state index contributed by atoms with van der Waals surface area (Å²) in [4.78, 5) is 12.6. The number of rotatable bonds is 8. The fourth-order valence-corrected chi connectivity index (χ4v) is 5.00. The molecule has 0 aromatic heterocycles. The lowest BCUT2D eigenvalue weighted by Crippen LogP contribution is -2.44. The summed E-state index contributed by atoms with van der Waals surface area (Å²) in [5.41, 5.74) is 0.335. The molecule has 1 fully saturated rings. The number of ether oxygens (including phenoxy) is 1. The van der Waals surface area contributed by atoms with E-state index in [2.05, 4.69) is 5.32 Å². The molecular formula is C22H27FN2O4S. The number of anilines is 1. The van der Waals surface area contributed by atoms with E-state index in [-0.39, 0.29) is 23.4 Å². The van der Waals surface area contributed by atoms with Gasteiger partial charge in [-0.3, -0.25) is 9.10 Å². The number of nitrogens with zero attached hydrogens (tertiary/aromatic N) is 1. The summed E-state index contributed by atoms with van der Waals surface area (Å²) in [5, 5.41) is 2.95. The van der Waals surface area contributed by atoms with Crippen LogP contribution in [0.2, 0.25) is 0 Å². The molecule has 1 aliphatic rings. The topological polar surface area (TPSA) is 75.7 Å². The molecule has 0 aliphatic heterocycles. The number of halogens is 1. The van der Waals surface area contributed by atoms with Gasteiger partial charge in [0, 0.05) is 6.04 Å². The second-order valence-corrected chi connectivity index (χ2v) is 9.16. The fourth-order valence-electron chi connectivity index (χ4n) is 3.57. The van der Waals surface area contributed by atoms with Crippen molar-refractivity contribution >= 4 is 21.6 Å². The van der Waals surface area contributed by atoms with Gasteiger partial charge in [0.25, 0.3) is 10.0 Å². The first-order valence-electron chi connectivity index (χ1n) is 10.2. The highest BCUT2D eigenvalue weighted by Gasteiger charge is 2.28. The smallest absolute Gasteiger partial charge is 0.264 e. The predicted molar refractivity (Wildman–Crippen MR) is 114 cm³/mol. The van der Waals surface area contributed by atoms with Gasteiger partial charge >= 0.3 is 0 Å². The van der Waals surface area contributed by atoms with Gasteiger partial charge in [0.1, 0.15) is 18.1 Å². The van der Waals surface area contributed by atoms with Crippen molar-refractivity contribution in [3.63, 3.8) is 0 Å². The Labute approximate surface area is 177 Å². The second kappa shape index (κ2) is 9.93. The van der Waals surface area contributed by atoms with E-state index in [9.17, 15) is 17.6 Å². The molecule has 0 saturated heterocycles. The third-order valence-corrected chi connectivity index (χ3v) is 6.88. The molecule has 162 valence electrons. The molecule has 0 heterocycles. The van der Waals surface area contributed by atoms with Gasteiger partial charge in [-0.05, 0) is 68.3 Å². The lowest BCUT2D eigenvalue weighted by molar-refractivity contribution is -0.120. The lowest BCUT2D eigenvalue weighted by Gasteiger charge is -2.27. The van der Waals surface area contributed by atoms with Crippen LogP contribution in [0.25, 0.3) is 0 Å². The van der Waals surface area contributed by atoms with E-state index in [0.717, 1.165) is 48.5 Å². The molecule has 0 unspecified atom stereocenters. The van der Waals surface area contributed by atoms with E-state index >= 15 is 0 Å². The Bertz CT molecular complexity index is 940. The minimum absolute atomic E-state index is 0.0713. The van der Waals surface area contributed by atoms with Crippen LogP contribution in [-0.4, -0.2) is 33.5 Å². The van der Waals surface area contributed by atoms with Gasteiger partial charge < -0.3 is 10.1 Å². The van der Waals surface area contributed by atoms with Crippen LogP contribution < -0.4 is 14.4 Å². The van der Waals surface area contributed by atoms with Crippen molar-refractivity contribution in [1.29, 1.82) is 0 Å². The SMILES string of the molecule is CCOc1ccc(N(CC(=O)NC2CCCCC2)S(=O)(=O)c2ccc(F)cc2)cc1. The summed E-state index contributed by atoms with van der Waals surface area (Å²) in [6.07, 6.45) is 5.07. The molecular weight excluding hydrogens is 407 g/mol. The minimum atomic E-state index is -4.07. The summed E-state index contributed by atoms with van der Waals surface area (Å²) in [7, 11) is -4.07. The summed E-state index contributed by atoms with van der Waals surface area (Å²) in [5.74, 6) is -0.287. The largest absolute Gasteiger partial charge is 0.494 e. The molecule has 30 heavy (non-hydrogen) atoms. The van der Waals surface area contributed by atoms with E-state index < -0.39 is 15.8 Å². The first-order valence-corrected chi connectivity index (χ1v) is 11.6. The van der Waals surface area contributed by atoms with Crippen LogP contribution in [0.3, 0.4) is 0 Å². The summed E-state index contributed by atoms with van der Waals surface area (Å²) in [6, 6.07) is 11.2. The molecule has 8 heteroatoms. The normalized spacial score (nSPS) is 14.9. The zero-order chi connectivity index (χ0) is 21.6. The Balaban J connectivity index is 1.87. The Morgan fingerprint density at radius 1 is 1.07 bits per heavy atom. The Hall–Kier alpha value is -2.61. The van der Waals surface area contributed by atoms with E-state index in [4.69, 9.17) is 4.74 Å². The molecule has 1 aliphatic carbocycles. The number of hydrogen-bond donors (Lipinski definition) is 1. The maximum Gasteiger partial charge on any atom is 0.264 e. The first kappa shape index (κ1) is 22.1. The molecule has 2 aromatic carbocycles. The minimum Gasteiger partial charge on any atom is -0.494 e. The van der Waals surface area contributed by atoms with Crippen molar-refractivity contribution in [2.45, 2.75) is 50.0 Å². The predicted octanol–water partition coefficient (Wildman–Crippen LogP) is 3.87. The van der Waals surface area contributed by atoms with Crippen molar-refractivity contribution in [3.05, 3.63) is 54.3 Å². The highest BCUT2D eigenvalue weighted by Crippen LogP contribution is 2.26. The summed E-state index contributed by atoms with van der Waals surface area (Å²) < 4.78 is 46.3. The fraction of sp³-hybridized carbons (Fsp3) is 0.409. The van der Waals surface area contributed by atoms with E-state index in [1.54, 1.807) is 24.3 Å². The number of hydrogen-bond acceptors (Lipinski definition) is 4. The second-order valence-electron chi connectivity index (χ2n) is 7.29. The Kier molecular flexibility index (Phi) is 7.31. The van der Waals surface area contributed by atoms with Gasteiger partial charge in [-0.15, -0.1) is 0 Å². The number of nitrogens with one attached hydrogen (secondary N) is 1. The number of carbonyl (C=O) groups is 1. The molecule has 0 spiro atoms. The zero-order valence-electron chi connectivity index (χ0n) is 17.0. The first-order chi connectivity index (χ1) is 14.4. The van der Waals surface area contributed by atoms with Gasteiger partial charge in [0.05, 0.1) is 17.2 Å². The van der Waals surface area contributed by atoms with Crippen LogP contribution in [0, 0.1) is 5.82 Å². The monoisotopic (exact) mass is 434 g/mol. The third kappa shape index (κ3) is 5.50. The standard InChI is InChI=1S/C22H27FN2O4S/c1-2-29-20-12-10-19(11-13-20)25(16-22(26)24-18-6-4-3-5-7-18)30(27,28)21-14-8-17(23)9-15-21/h8-15,18H,2-7,16H2,1H3,(H,24,26). The lowest BCUT2D eigenvalue weighted by atomic mass is 9.95. The molecule has 1 N–H and O–H groups in total. The zero-order valence-corrected chi connectivity index (χ0v) is 17.8. The van der Waals surface area contributed by atoms with Gasteiger partial charge in [-0.1, -0.05) is 19.3 Å². The van der Waals surface area contributed by atoms with Crippen molar-refractivity contribution in [2.24, 2.45) is 0 Å². The van der Waals surface area contributed by atoms with Crippen molar-refractivity contribution in [1.82, 2.24) is 5.32 Å². The Morgan fingerprint density at radius 2 is 1.70 bits per heavy atom. The van der Waals surface area contributed by atoms with Crippen molar-refractivity contribution in [3.8, 4) is 5.75 Å². The van der Waals surface area contributed by atoms with Gasteiger partial charge in [0.15, 0.2) is 0 Å². The van der Waals surface area contributed by atoms with Crippen LogP contribution in [0.4, 0.5) is 10.1 Å². The van der Waals surface area contributed by atoms with E-state index in [1.165, 1.54) is 12.1 Å². The van der Waals surface area contributed by atoms with E-state index in [0.29, 0.717) is 18.0 Å². The molecule has 0 radical (unpaired) electrons. The van der Waals surface area contributed by atoms with Gasteiger partial charge in [0.2, 0.25) is 5.91 Å². The number of sulfonamides is 1. The van der Waals surface area contributed by atoms with Gasteiger partial charge in [-0.25, -0.2) is 12.8 Å². The molecule has 0 atom stereocenters. The average molecular weight is 435 g/mol. The number of amides is 1. The van der Waals surface area contributed by atoms with Crippen molar-refractivity contribution < 1.29 is 22.3 Å². The number of carbonyl (C=O) groups excluding carboxylic acids is 1. The van der Waals surface area contributed by atoms with Crippen LogP contribution >= 0.6 is 0 Å². The van der Waals surface area contributed by atoms with Crippen LogP contribution in [-0.2, 0) is 14.8 Å². The number of benzene rings is 2. The maximum atomic E-state index is 13.3. The highest BCUT2D eigenvalue weighted by molar-refractivity contribution is 7.92. The quantitative estimate of drug-likeness (QED) is 0.684. The molecule has 3 rings (SSSR count). The molecule has 1 saturated carbocycles. The van der Waals surface area contributed by atoms with Crippen molar-refractivity contribution in [2.75, 3.05) is 17.5 Å². The molecule has 0 bridgehead atoms.